The zero-order chi connectivity index (χ0) is 17.5. The molecule has 0 spiro atoms. The van der Waals surface area contributed by atoms with E-state index in [4.69, 9.17) is 23.2 Å². The van der Waals surface area contributed by atoms with Gasteiger partial charge in [0.05, 0.1) is 22.7 Å². The highest BCUT2D eigenvalue weighted by atomic mass is 35.5. The van der Waals surface area contributed by atoms with Crippen LogP contribution in [0.15, 0.2) is 47.8 Å². The van der Waals surface area contributed by atoms with Crippen LogP contribution in [0.4, 0.5) is 5.69 Å². The fourth-order valence-electron chi connectivity index (χ4n) is 1.77. The Morgan fingerprint density at radius 2 is 2.04 bits per heavy atom. The first-order valence-electron chi connectivity index (χ1n) is 6.94. The monoisotopic (exact) mass is 364 g/mol. The number of amides is 2. The Kier molecular flexibility index (Phi) is 6.28. The fourth-order valence-corrected chi connectivity index (χ4v) is 2.10. The molecular formula is C16H14Cl2N4O2. The summed E-state index contributed by atoms with van der Waals surface area (Å²) in [5.41, 5.74) is 3.60. The molecule has 0 saturated carbocycles. The number of nitrogens with zero attached hydrogens (tertiary/aromatic N) is 2. The highest BCUT2D eigenvalue weighted by Gasteiger charge is 2.09. The molecule has 0 aliphatic heterocycles. The van der Waals surface area contributed by atoms with Crippen LogP contribution in [0.2, 0.25) is 10.0 Å². The smallest absolute Gasteiger partial charge is 0.272 e. The van der Waals surface area contributed by atoms with Crippen molar-refractivity contribution in [1.29, 1.82) is 0 Å². The zero-order valence-corrected chi connectivity index (χ0v) is 14.2. The van der Waals surface area contributed by atoms with Gasteiger partial charge in [0.25, 0.3) is 5.91 Å². The number of anilines is 1. The SMILES string of the molecule is C/C(CC(=O)Nc1cc(Cl)ccc1Cl)=N\NC(=O)c1cccnc1. The normalized spacial score (nSPS) is 11.0. The predicted octanol–water partition coefficient (Wildman–Crippen LogP) is 3.52. The highest BCUT2D eigenvalue weighted by molar-refractivity contribution is 6.35. The molecule has 6 nitrogen and oxygen atoms in total. The molecule has 8 heteroatoms. The van der Waals surface area contributed by atoms with Gasteiger partial charge in [-0.15, -0.1) is 0 Å². The molecule has 124 valence electrons. The minimum Gasteiger partial charge on any atom is -0.324 e. The third-order valence-corrected chi connectivity index (χ3v) is 3.46. The molecule has 0 radical (unpaired) electrons. The number of aromatic nitrogens is 1. The molecule has 2 rings (SSSR count). The lowest BCUT2D eigenvalue weighted by atomic mass is 10.2. The quantitative estimate of drug-likeness (QED) is 0.628. The minimum atomic E-state index is -0.402. The van der Waals surface area contributed by atoms with Gasteiger partial charge in [0.1, 0.15) is 0 Å². The van der Waals surface area contributed by atoms with E-state index in [1.54, 1.807) is 43.5 Å². The lowest BCUT2D eigenvalue weighted by molar-refractivity contribution is -0.115. The van der Waals surface area contributed by atoms with Crippen molar-refractivity contribution in [3.05, 3.63) is 58.3 Å². The molecule has 1 aromatic heterocycles. The number of halogens is 2. The summed E-state index contributed by atoms with van der Waals surface area (Å²) >= 11 is 11.8. The first-order valence-corrected chi connectivity index (χ1v) is 7.69. The Morgan fingerprint density at radius 3 is 2.75 bits per heavy atom. The number of nitrogens with one attached hydrogen (secondary N) is 2. The summed E-state index contributed by atoms with van der Waals surface area (Å²) in [6.45, 7) is 1.63. The van der Waals surface area contributed by atoms with Gasteiger partial charge in [-0.1, -0.05) is 23.2 Å². The van der Waals surface area contributed by atoms with E-state index in [0.29, 0.717) is 27.0 Å². The van der Waals surface area contributed by atoms with Gasteiger partial charge < -0.3 is 5.32 Å². The van der Waals surface area contributed by atoms with E-state index in [1.165, 1.54) is 6.20 Å². The molecule has 0 fully saturated rings. The van der Waals surface area contributed by atoms with Crippen molar-refractivity contribution in [2.45, 2.75) is 13.3 Å². The molecule has 0 atom stereocenters. The molecule has 0 unspecified atom stereocenters. The lowest BCUT2D eigenvalue weighted by Crippen LogP contribution is -2.21. The van der Waals surface area contributed by atoms with Crippen LogP contribution < -0.4 is 10.7 Å². The molecule has 2 N–H and O–H groups in total. The summed E-state index contributed by atoms with van der Waals surface area (Å²) < 4.78 is 0. The van der Waals surface area contributed by atoms with Gasteiger partial charge in [-0.3, -0.25) is 14.6 Å². The van der Waals surface area contributed by atoms with Crippen LogP contribution in [0.1, 0.15) is 23.7 Å². The summed E-state index contributed by atoms with van der Waals surface area (Å²) in [7, 11) is 0. The molecule has 1 aromatic carbocycles. The van der Waals surface area contributed by atoms with Gasteiger partial charge in [-0.25, -0.2) is 5.43 Å². The van der Waals surface area contributed by atoms with Crippen molar-refractivity contribution in [2.75, 3.05) is 5.32 Å². The van der Waals surface area contributed by atoms with E-state index < -0.39 is 5.91 Å². The maximum atomic E-state index is 12.0. The third kappa shape index (κ3) is 5.33. The summed E-state index contributed by atoms with van der Waals surface area (Å²) in [5.74, 6) is -0.725. The molecule has 24 heavy (non-hydrogen) atoms. The van der Waals surface area contributed by atoms with E-state index in [1.807, 2.05) is 0 Å². The molecule has 1 heterocycles. The van der Waals surface area contributed by atoms with Crippen molar-refractivity contribution >= 4 is 46.4 Å². The van der Waals surface area contributed by atoms with Crippen LogP contribution in [0.5, 0.6) is 0 Å². The van der Waals surface area contributed by atoms with Crippen molar-refractivity contribution in [3.63, 3.8) is 0 Å². The predicted molar refractivity (Wildman–Crippen MR) is 94.5 cm³/mol. The molecule has 2 amide bonds. The van der Waals surface area contributed by atoms with Crippen LogP contribution in [-0.4, -0.2) is 22.5 Å². The Bertz CT molecular complexity index is 779. The maximum Gasteiger partial charge on any atom is 0.272 e. The number of carbonyl (C=O) groups is 2. The molecular weight excluding hydrogens is 351 g/mol. The van der Waals surface area contributed by atoms with Gasteiger partial charge in [0.2, 0.25) is 5.91 Å². The van der Waals surface area contributed by atoms with Crippen LogP contribution in [0.25, 0.3) is 0 Å². The van der Waals surface area contributed by atoms with Gasteiger partial charge in [-0.05, 0) is 37.3 Å². The maximum absolute atomic E-state index is 12.0. The van der Waals surface area contributed by atoms with E-state index >= 15 is 0 Å². The second-order valence-corrected chi connectivity index (χ2v) is 5.72. The number of hydrogen-bond donors (Lipinski definition) is 2. The minimum absolute atomic E-state index is 0.00381. The van der Waals surface area contributed by atoms with Gasteiger partial charge in [0.15, 0.2) is 0 Å². The summed E-state index contributed by atoms with van der Waals surface area (Å²) in [6, 6.07) is 8.03. The molecule has 0 aliphatic rings. The lowest BCUT2D eigenvalue weighted by Gasteiger charge is -2.07. The largest absolute Gasteiger partial charge is 0.324 e. The number of hydrogen-bond acceptors (Lipinski definition) is 4. The molecule has 2 aromatic rings. The topological polar surface area (TPSA) is 83.5 Å². The number of benzene rings is 1. The highest BCUT2D eigenvalue weighted by Crippen LogP contribution is 2.25. The summed E-state index contributed by atoms with van der Waals surface area (Å²) in [5, 5.41) is 7.38. The fraction of sp³-hybridized carbons (Fsp3) is 0.125. The number of rotatable bonds is 5. The van der Waals surface area contributed by atoms with Gasteiger partial charge >= 0.3 is 0 Å². The Balaban J connectivity index is 1.91. The van der Waals surface area contributed by atoms with Crippen LogP contribution in [-0.2, 0) is 4.79 Å². The van der Waals surface area contributed by atoms with E-state index in [2.05, 4.69) is 20.8 Å². The van der Waals surface area contributed by atoms with Crippen LogP contribution in [0.3, 0.4) is 0 Å². The average molecular weight is 365 g/mol. The Labute approximate surface area is 148 Å². The van der Waals surface area contributed by atoms with Crippen LogP contribution in [0, 0.1) is 0 Å². The number of pyridine rings is 1. The summed E-state index contributed by atoms with van der Waals surface area (Å²) in [6.07, 6.45) is 2.99. The molecule has 0 saturated heterocycles. The molecule has 0 bridgehead atoms. The first-order chi connectivity index (χ1) is 11.5. The Hall–Kier alpha value is -2.44. The van der Waals surface area contributed by atoms with Gasteiger partial charge in [0, 0.05) is 23.1 Å². The average Bonchev–Trinajstić information content (AvgIpc) is 2.56. The molecule has 0 aliphatic carbocycles. The Morgan fingerprint density at radius 1 is 1.25 bits per heavy atom. The number of carbonyl (C=O) groups excluding carboxylic acids is 2. The van der Waals surface area contributed by atoms with E-state index in [9.17, 15) is 9.59 Å². The first kappa shape index (κ1) is 17.9. The standard InChI is InChI=1S/C16H14Cl2N4O2/c1-10(21-22-16(24)11-3-2-6-19-9-11)7-15(23)20-14-8-12(17)4-5-13(14)18/h2-6,8-9H,7H2,1H3,(H,20,23)(H,22,24)/b21-10+. The van der Waals surface area contributed by atoms with Crippen molar-refractivity contribution < 1.29 is 9.59 Å². The van der Waals surface area contributed by atoms with Crippen molar-refractivity contribution in [1.82, 2.24) is 10.4 Å². The van der Waals surface area contributed by atoms with Crippen molar-refractivity contribution in [2.24, 2.45) is 5.10 Å². The van der Waals surface area contributed by atoms with Gasteiger partial charge in [-0.2, -0.15) is 5.10 Å². The number of hydrazone groups is 1. The van der Waals surface area contributed by atoms with E-state index in [0.717, 1.165) is 0 Å². The summed E-state index contributed by atoms with van der Waals surface area (Å²) in [4.78, 5) is 27.6. The second-order valence-electron chi connectivity index (χ2n) is 4.88. The van der Waals surface area contributed by atoms with E-state index in [-0.39, 0.29) is 12.3 Å². The van der Waals surface area contributed by atoms with Crippen LogP contribution >= 0.6 is 23.2 Å². The third-order valence-electron chi connectivity index (χ3n) is 2.89. The second kappa shape index (κ2) is 8.42. The zero-order valence-electron chi connectivity index (χ0n) is 12.7. The van der Waals surface area contributed by atoms with Crippen molar-refractivity contribution in [3.8, 4) is 0 Å².